The molecule has 116 valence electrons. The topological polar surface area (TPSA) is 68.6 Å². The minimum Gasteiger partial charge on any atom is -0.497 e. The summed E-state index contributed by atoms with van der Waals surface area (Å²) >= 11 is 0. The third-order valence-electron chi connectivity index (χ3n) is 3.10. The zero-order valence-electron chi connectivity index (χ0n) is 13.5. The number of hydrogen-bond acceptors (Lipinski definition) is 6. The van der Waals surface area contributed by atoms with E-state index < -0.39 is 0 Å². The fraction of sp³-hybridized carbons (Fsp3) is 0.312. The lowest BCUT2D eigenvalue weighted by Crippen LogP contribution is -2.05. The summed E-state index contributed by atoms with van der Waals surface area (Å²) in [6.07, 6.45) is 0. The predicted molar refractivity (Wildman–Crippen MR) is 86.9 cm³/mol. The molecule has 22 heavy (non-hydrogen) atoms. The lowest BCUT2D eigenvalue weighted by atomic mass is 10.1. The van der Waals surface area contributed by atoms with Crippen LogP contribution in [0.3, 0.4) is 0 Å². The molecule has 6 nitrogen and oxygen atoms in total. The van der Waals surface area contributed by atoms with Crippen LogP contribution in [0.2, 0.25) is 0 Å². The van der Waals surface area contributed by atoms with E-state index in [-0.39, 0.29) is 0 Å². The fourth-order valence-corrected chi connectivity index (χ4v) is 2.07. The van der Waals surface area contributed by atoms with E-state index in [1.54, 1.807) is 14.2 Å². The number of hydrazone groups is 1. The lowest BCUT2D eigenvalue weighted by molar-refractivity contribution is 0.394. The number of aryl methyl sites for hydroxylation is 2. The maximum Gasteiger partial charge on any atom is 0.243 e. The first-order chi connectivity index (χ1) is 10.5. The SMILES string of the molecule is COc1ccc(/C(C)=N/Nc2nc(C)cc(C)n2)c(OC)c1. The first-order valence-corrected chi connectivity index (χ1v) is 6.88. The molecular formula is C16H20N4O2. The van der Waals surface area contributed by atoms with Crippen LogP contribution in [0.25, 0.3) is 0 Å². The molecule has 1 heterocycles. The Morgan fingerprint density at radius 3 is 2.32 bits per heavy atom. The summed E-state index contributed by atoms with van der Waals surface area (Å²) in [6, 6.07) is 7.50. The molecule has 0 amide bonds. The van der Waals surface area contributed by atoms with Crippen LogP contribution in [0, 0.1) is 13.8 Å². The van der Waals surface area contributed by atoms with Gasteiger partial charge >= 0.3 is 0 Å². The minimum absolute atomic E-state index is 0.476. The molecule has 0 unspecified atom stereocenters. The minimum atomic E-state index is 0.476. The van der Waals surface area contributed by atoms with Crippen LogP contribution >= 0.6 is 0 Å². The van der Waals surface area contributed by atoms with Gasteiger partial charge in [-0.15, -0.1) is 0 Å². The van der Waals surface area contributed by atoms with Crippen LogP contribution < -0.4 is 14.9 Å². The van der Waals surface area contributed by atoms with Gasteiger partial charge in [0.15, 0.2) is 0 Å². The van der Waals surface area contributed by atoms with E-state index in [0.717, 1.165) is 28.4 Å². The number of nitrogens with zero attached hydrogens (tertiary/aromatic N) is 3. The largest absolute Gasteiger partial charge is 0.497 e. The highest BCUT2D eigenvalue weighted by atomic mass is 16.5. The van der Waals surface area contributed by atoms with Gasteiger partial charge in [0.2, 0.25) is 5.95 Å². The van der Waals surface area contributed by atoms with Crippen LogP contribution in [0.15, 0.2) is 29.4 Å². The lowest BCUT2D eigenvalue weighted by Gasteiger charge is -2.10. The summed E-state index contributed by atoms with van der Waals surface area (Å²) < 4.78 is 10.6. The monoisotopic (exact) mass is 300 g/mol. The van der Waals surface area contributed by atoms with Gasteiger partial charge in [0.05, 0.1) is 19.9 Å². The van der Waals surface area contributed by atoms with E-state index in [0.29, 0.717) is 11.7 Å². The number of anilines is 1. The van der Waals surface area contributed by atoms with Crippen molar-refractivity contribution in [3.05, 3.63) is 41.2 Å². The summed E-state index contributed by atoms with van der Waals surface area (Å²) in [6.45, 7) is 5.73. The average Bonchev–Trinajstić information content (AvgIpc) is 2.51. The smallest absolute Gasteiger partial charge is 0.243 e. The summed E-state index contributed by atoms with van der Waals surface area (Å²) in [7, 11) is 3.24. The number of ether oxygens (including phenoxy) is 2. The third-order valence-corrected chi connectivity index (χ3v) is 3.10. The van der Waals surface area contributed by atoms with Gasteiger partial charge in [-0.1, -0.05) is 0 Å². The zero-order valence-corrected chi connectivity index (χ0v) is 13.5. The average molecular weight is 300 g/mol. The van der Waals surface area contributed by atoms with Crippen LogP contribution in [0.1, 0.15) is 23.9 Å². The van der Waals surface area contributed by atoms with Crippen LogP contribution in [0.4, 0.5) is 5.95 Å². The third kappa shape index (κ3) is 3.72. The van der Waals surface area contributed by atoms with Gasteiger partial charge in [0, 0.05) is 23.0 Å². The molecule has 0 radical (unpaired) electrons. The second-order valence-electron chi connectivity index (χ2n) is 4.85. The zero-order chi connectivity index (χ0) is 16.1. The van der Waals surface area contributed by atoms with Gasteiger partial charge in [0.25, 0.3) is 0 Å². The van der Waals surface area contributed by atoms with Crippen molar-refractivity contribution in [1.82, 2.24) is 9.97 Å². The van der Waals surface area contributed by atoms with Gasteiger partial charge in [-0.05, 0) is 39.0 Å². The van der Waals surface area contributed by atoms with Crippen molar-refractivity contribution in [2.24, 2.45) is 5.10 Å². The molecule has 0 spiro atoms. The maximum absolute atomic E-state index is 5.38. The predicted octanol–water partition coefficient (Wildman–Crippen LogP) is 2.95. The van der Waals surface area contributed by atoms with E-state index in [1.165, 1.54) is 0 Å². The summed E-state index contributed by atoms with van der Waals surface area (Å²) in [5.41, 5.74) is 6.31. The number of methoxy groups -OCH3 is 2. The molecule has 0 aliphatic heterocycles. The highest BCUT2D eigenvalue weighted by Gasteiger charge is 2.08. The molecule has 0 aliphatic carbocycles. The van der Waals surface area contributed by atoms with Crippen LogP contribution in [-0.2, 0) is 0 Å². The molecule has 0 saturated carbocycles. The molecule has 6 heteroatoms. The Morgan fingerprint density at radius 2 is 1.73 bits per heavy atom. The first-order valence-electron chi connectivity index (χ1n) is 6.88. The molecule has 2 aromatic rings. The Bertz CT molecular complexity index is 678. The number of benzene rings is 1. The molecule has 1 aromatic heterocycles. The first kappa shape index (κ1) is 15.8. The van der Waals surface area contributed by atoms with Gasteiger partial charge in [0.1, 0.15) is 11.5 Å². The van der Waals surface area contributed by atoms with Crippen molar-refractivity contribution < 1.29 is 9.47 Å². The van der Waals surface area contributed by atoms with Crippen molar-refractivity contribution in [1.29, 1.82) is 0 Å². The number of aromatic nitrogens is 2. The van der Waals surface area contributed by atoms with E-state index in [2.05, 4.69) is 20.5 Å². The summed E-state index contributed by atoms with van der Waals surface area (Å²) in [5, 5.41) is 4.33. The van der Waals surface area contributed by atoms with Crippen molar-refractivity contribution in [3.63, 3.8) is 0 Å². The number of nitrogens with one attached hydrogen (secondary N) is 1. The van der Waals surface area contributed by atoms with Gasteiger partial charge in [-0.25, -0.2) is 15.4 Å². The summed E-state index contributed by atoms with van der Waals surface area (Å²) in [4.78, 5) is 8.58. The quantitative estimate of drug-likeness (QED) is 0.679. The standard InChI is InChI=1S/C16H20N4O2/c1-10-8-11(2)18-16(17-10)20-19-12(3)14-7-6-13(21-4)9-15(14)22-5/h6-9H,1-5H3,(H,17,18,20)/b19-12+. The van der Waals surface area contributed by atoms with E-state index in [9.17, 15) is 0 Å². The van der Waals surface area contributed by atoms with Crippen LogP contribution in [-0.4, -0.2) is 29.9 Å². The molecular weight excluding hydrogens is 280 g/mol. The Morgan fingerprint density at radius 1 is 1.05 bits per heavy atom. The molecule has 0 fully saturated rings. The molecule has 0 bridgehead atoms. The Balaban J connectivity index is 2.25. The number of rotatable bonds is 5. The van der Waals surface area contributed by atoms with Crippen molar-refractivity contribution in [2.45, 2.75) is 20.8 Å². The van der Waals surface area contributed by atoms with Crippen molar-refractivity contribution >= 4 is 11.7 Å². The Hall–Kier alpha value is -2.63. The van der Waals surface area contributed by atoms with E-state index in [1.807, 2.05) is 45.0 Å². The van der Waals surface area contributed by atoms with Gasteiger partial charge in [-0.3, -0.25) is 0 Å². The molecule has 0 saturated heterocycles. The van der Waals surface area contributed by atoms with Crippen molar-refractivity contribution in [2.75, 3.05) is 19.6 Å². The molecule has 2 rings (SSSR count). The molecule has 0 aliphatic rings. The van der Waals surface area contributed by atoms with Gasteiger partial charge in [-0.2, -0.15) is 5.10 Å². The van der Waals surface area contributed by atoms with E-state index >= 15 is 0 Å². The fourth-order valence-electron chi connectivity index (χ4n) is 2.07. The second-order valence-corrected chi connectivity index (χ2v) is 4.85. The highest BCUT2D eigenvalue weighted by Crippen LogP contribution is 2.25. The molecule has 1 aromatic carbocycles. The second kappa shape index (κ2) is 6.89. The van der Waals surface area contributed by atoms with Crippen molar-refractivity contribution in [3.8, 4) is 11.5 Å². The summed E-state index contributed by atoms with van der Waals surface area (Å²) in [5.74, 6) is 1.91. The normalized spacial score (nSPS) is 11.2. The van der Waals surface area contributed by atoms with Crippen LogP contribution in [0.5, 0.6) is 11.5 Å². The molecule has 1 N–H and O–H groups in total. The highest BCUT2D eigenvalue weighted by molar-refractivity contribution is 6.01. The Labute approximate surface area is 130 Å². The Kier molecular flexibility index (Phi) is 4.93. The molecule has 0 atom stereocenters. The number of hydrogen-bond donors (Lipinski definition) is 1. The maximum atomic E-state index is 5.38. The van der Waals surface area contributed by atoms with E-state index in [4.69, 9.17) is 9.47 Å². The van der Waals surface area contributed by atoms with Gasteiger partial charge < -0.3 is 9.47 Å².